The summed E-state index contributed by atoms with van der Waals surface area (Å²) < 4.78 is 33.1. The highest BCUT2D eigenvalue weighted by Crippen LogP contribution is 2.13. The van der Waals surface area contributed by atoms with Crippen LogP contribution in [0.15, 0.2) is 34.2 Å². The summed E-state index contributed by atoms with van der Waals surface area (Å²) in [6.45, 7) is 5.47. The molecule has 0 bridgehead atoms. The van der Waals surface area contributed by atoms with Gasteiger partial charge < -0.3 is 14.7 Å². The van der Waals surface area contributed by atoms with E-state index in [-0.39, 0.29) is 5.75 Å². The molecule has 0 unspecified atom stereocenters. The van der Waals surface area contributed by atoms with Crippen molar-refractivity contribution in [3.8, 4) is 0 Å². The molecule has 10 nitrogen and oxygen atoms in total. The first kappa shape index (κ1) is 20.3. The second kappa shape index (κ2) is 9.20. The van der Waals surface area contributed by atoms with Gasteiger partial charge in [0.2, 0.25) is 10.0 Å². The number of aromatic nitrogens is 3. The molecule has 0 aliphatic carbocycles. The van der Waals surface area contributed by atoms with E-state index in [4.69, 9.17) is 9.52 Å². The fraction of sp³-hybridized carbons (Fsp3) is 0.588. The van der Waals surface area contributed by atoms with Crippen LogP contribution in [-0.2, 0) is 29.2 Å². The SMILES string of the molecule is CCNC(=NCCc1cnn(C)c1)N1CCN(S(=O)(=O)Cc2ccon2)CC1. The molecule has 0 amide bonds. The normalized spacial score (nSPS) is 16.5. The first-order valence-electron chi connectivity index (χ1n) is 9.36. The van der Waals surface area contributed by atoms with E-state index in [9.17, 15) is 8.42 Å². The molecule has 1 aliphatic rings. The Balaban J connectivity index is 1.55. The van der Waals surface area contributed by atoms with Gasteiger partial charge in [0.15, 0.2) is 5.96 Å². The molecule has 11 heteroatoms. The van der Waals surface area contributed by atoms with Crippen molar-refractivity contribution in [3.63, 3.8) is 0 Å². The molecular formula is C17H27N7O3S. The van der Waals surface area contributed by atoms with E-state index in [0.717, 1.165) is 24.5 Å². The van der Waals surface area contributed by atoms with Gasteiger partial charge in [0.05, 0.1) is 11.9 Å². The zero-order chi connectivity index (χ0) is 20.0. The second-order valence-corrected chi connectivity index (χ2v) is 8.61. The van der Waals surface area contributed by atoms with Crippen LogP contribution in [0.25, 0.3) is 0 Å². The van der Waals surface area contributed by atoms with Crippen molar-refractivity contribution in [1.82, 2.24) is 29.5 Å². The topological polar surface area (TPSA) is 109 Å². The first-order valence-corrected chi connectivity index (χ1v) is 11.0. The van der Waals surface area contributed by atoms with Gasteiger partial charge in [0, 0.05) is 58.6 Å². The van der Waals surface area contributed by atoms with Crippen molar-refractivity contribution < 1.29 is 12.9 Å². The summed E-state index contributed by atoms with van der Waals surface area (Å²) in [7, 11) is -1.51. The van der Waals surface area contributed by atoms with Gasteiger partial charge in [-0.25, -0.2) is 8.42 Å². The molecule has 0 saturated carbocycles. The Morgan fingerprint density at radius 1 is 1.32 bits per heavy atom. The van der Waals surface area contributed by atoms with Crippen molar-refractivity contribution in [3.05, 3.63) is 36.0 Å². The van der Waals surface area contributed by atoms with Gasteiger partial charge in [-0.1, -0.05) is 5.16 Å². The predicted octanol–water partition coefficient (Wildman–Crippen LogP) is 0.0637. The van der Waals surface area contributed by atoms with Crippen LogP contribution in [-0.4, -0.2) is 77.8 Å². The van der Waals surface area contributed by atoms with Crippen LogP contribution in [0.1, 0.15) is 18.2 Å². The second-order valence-electron chi connectivity index (χ2n) is 6.64. The zero-order valence-corrected chi connectivity index (χ0v) is 17.1. The molecule has 0 aromatic carbocycles. The maximum Gasteiger partial charge on any atom is 0.220 e. The lowest BCUT2D eigenvalue weighted by Crippen LogP contribution is -2.54. The molecule has 0 spiro atoms. The number of hydrogen-bond donors (Lipinski definition) is 1. The largest absolute Gasteiger partial charge is 0.364 e. The Morgan fingerprint density at radius 2 is 2.11 bits per heavy atom. The fourth-order valence-electron chi connectivity index (χ4n) is 3.09. The van der Waals surface area contributed by atoms with E-state index in [1.54, 1.807) is 10.7 Å². The smallest absolute Gasteiger partial charge is 0.220 e. The summed E-state index contributed by atoms with van der Waals surface area (Å²) in [5.74, 6) is 0.683. The Kier molecular flexibility index (Phi) is 6.68. The maximum atomic E-state index is 12.6. The van der Waals surface area contributed by atoms with Gasteiger partial charge in [0.1, 0.15) is 12.0 Å². The minimum Gasteiger partial charge on any atom is -0.364 e. The number of piperazine rings is 1. The summed E-state index contributed by atoms with van der Waals surface area (Å²) in [5, 5.41) is 11.2. The van der Waals surface area contributed by atoms with Gasteiger partial charge in [-0.15, -0.1) is 0 Å². The molecule has 1 N–H and O–H groups in total. The molecule has 0 atom stereocenters. The third kappa shape index (κ3) is 5.32. The highest BCUT2D eigenvalue weighted by atomic mass is 32.2. The van der Waals surface area contributed by atoms with Gasteiger partial charge in [-0.05, 0) is 18.9 Å². The van der Waals surface area contributed by atoms with Crippen molar-refractivity contribution >= 4 is 16.0 Å². The maximum absolute atomic E-state index is 12.6. The first-order chi connectivity index (χ1) is 13.5. The molecule has 28 heavy (non-hydrogen) atoms. The number of sulfonamides is 1. The number of nitrogens with zero attached hydrogens (tertiary/aromatic N) is 6. The molecule has 0 radical (unpaired) electrons. The summed E-state index contributed by atoms with van der Waals surface area (Å²) in [4.78, 5) is 6.80. The fourth-order valence-corrected chi connectivity index (χ4v) is 4.51. The van der Waals surface area contributed by atoms with Crippen LogP contribution < -0.4 is 5.32 Å². The number of guanidine groups is 1. The molecule has 2 aromatic heterocycles. The monoisotopic (exact) mass is 409 g/mol. The summed E-state index contributed by atoms with van der Waals surface area (Å²) in [5.41, 5.74) is 1.57. The van der Waals surface area contributed by atoms with Crippen molar-refractivity contribution in [1.29, 1.82) is 0 Å². The molecule has 3 rings (SSSR count). The van der Waals surface area contributed by atoms with Crippen molar-refractivity contribution in [2.75, 3.05) is 39.3 Å². The van der Waals surface area contributed by atoms with Crippen LogP contribution in [0.2, 0.25) is 0 Å². The number of aryl methyl sites for hydroxylation is 1. The van der Waals surface area contributed by atoms with Crippen LogP contribution in [0.5, 0.6) is 0 Å². The van der Waals surface area contributed by atoms with Gasteiger partial charge in [0.25, 0.3) is 0 Å². The zero-order valence-electron chi connectivity index (χ0n) is 16.3. The van der Waals surface area contributed by atoms with Crippen LogP contribution in [0.3, 0.4) is 0 Å². The average Bonchev–Trinajstić information content (AvgIpc) is 3.32. The highest BCUT2D eigenvalue weighted by Gasteiger charge is 2.28. The average molecular weight is 410 g/mol. The van der Waals surface area contributed by atoms with Gasteiger partial charge in [-0.2, -0.15) is 9.40 Å². The lowest BCUT2D eigenvalue weighted by molar-refractivity contribution is 0.260. The van der Waals surface area contributed by atoms with Crippen molar-refractivity contribution in [2.45, 2.75) is 19.1 Å². The quantitative estimate of drug-likeness (QED) is 0.509. The Hall–Kier alpha value is -2.40. The molecule has 1 fully saturated rings. The Morgan fingerprint density at radius 3 is 2.71 bits per heavy atom. The minimum absolute atomic E-state index is 0.136. The molecule has 2 aromatic rings. The van der Waals surface area contributed by atoms with E-state index < -0.39 is 10.0 Å². The third-order valence-electron chi connectivity index (χ3n) is 4.51. The number of nitrogens with one attached hydrogen (secondary N) is 1. The Bertz CT molecular complexity index is 868. The van der Waals surface area contributed by atoms with Crippen molar-refractivity contribution in [2.24, 2.45) is 12.0 Å². The molecule has 154 valence electrons. The molecular weight excluding hydrogens is 382 g/mol. The van der Waals surface area contributed by atoms with E-state index >= 15 is 0 Å². The highest BCUT2D eigenvalue weighted by molar-refractivity contribution is 7.88. The summed E-state index contributed by atoms with van der Waals surface area (Å²) >= 11 is 0. The Labute approximate surface area is 165 Å². The standard InChI is InChI=1S/C17H27N7O3S/c1-3-18-17(19-6-4-15-12-20-22(2)13-15)23-7-9-24(10-8-23)28(25,26)14-16-5-11-27-21-16/h5,11-13H,3-4,6-10,14H2,1-2H3,(H,18,19). The van der Waals surface area contributed by atoms with Gasteiger partial charge >= 0.3 is 0 Å². The predicted molar refractivity (Wildman–Crippen MR) is 105 cm³/mol. The lowest BCUT2D eigenvalue weighted by atomic mass is 10.2. The molecule has 1 aliphatic heterocycles. The number of rotatable bonds is 7. The molecule has 3 heterocycles. The van der Waals surface area contributed by atoms with Crippen LogP contribution in [0.4, 0.5) is 0 Å². The van der Waals surface area contributed by atoms with E-state index in [1.807, 2.05) is 26.4 Å². The minimum atomic E-state index is -3.40. The number of hydrogen-bond acceptors (Lipinski definition) is 6. The number of aliphatic imine (C=N–C) groups is 1. The van der Waals surface area contributed by atoms with E-state index in [1.165, 1.54) is 10.6 Å². The lowest BCUT2D eigenvalue weighted by Gasteiger charge is -2.35. The molecule has 1 saturated heterocycles. The summed E-state index contributed by atoms with van der Waals surface area (Å²) in [6.07, 6.45) is 6.03. The van der Waals surface area contributed by atoms with E-state index in [2.05, 4.69) is 20.5 Å². The van der Waals surface area contributed by atoms with Crippen LogP contribution in [0, 0.1) is 0 Å². The van der Waals surface area contributed by atoms with Gasteiger partial charge in [-0.3, -0.25) is 9.67 Å². The van der Waals surface area contributed by atoms with Crippen LogP contribution >= 0.6 is 0 Å². The van der Waals surface area contributed by atoms with E-state index in [0.29, 0.717) is 38.4 Å². The third-order valence-corrected chi connectivity index (χ3v) is 6.32. The summed E-state index contributed by atoms with van der Waals surface area (Å²) in [6, 6.07) is 1.58.